The molecule has 104 valence electrons. The maximum absolute atomic E-state index is 11.9. The lowest BCUT2D eigenvalue weighted by molar-refractivity contribution is -0.122. The fourth-order valence-electron chi connectivity index (χ4n) is 1.68. The molecule has 2 N–H and O–H groups in total. The van der Waals surface area contributed by atoms with Gasteiger partial charge >= 0.3 is 0 Å². The van der Waals surface area contributed by atoms with Gasteiger partial charge < -0.3 is 15.1 Å². The Morgan fingerprint density at radius 2 is 1.90 bits per heavy atom. The molecule has 1 atom stereocenters. The van der Waals surface area contributed by atoms with E-state index in [2.05, 4.69) is 10.6 Å². The van der Waals surface area contributed by atoms with Crippen molar-refractivity contribution in [3.63, 3.8) is 0 Å². The molecule has 1 heterocycles. The molecule has 0 saturated heterocycles. The van der Waals surface area contributed by atoms with Gasteiger partial charge in [-0.25, -0.2) is 0 Å². The summed E-state index contributed by atoms with van der Waals surface area (Å²) in [5.74, 6) is 0.136. The second kappa shape index (κ2) is 6.56. The summed E-state index contributed by atoms with van der Waals surface area (Å²) in [4.78, 5) is 23.7. The van der Waals surface area contributed by atoms with Crippen LogP contribution >= 0.6 is 0 Å². The zero-order valence-corrected chi connectivity index (χ0v) is 11.1. The Bertz CT molecular complexity index is 564. The topological polar surface area (TPSA) is 71.3 Å². The van der Waals surface area contributed by atoms with Gasteiger partial charge in [0.1, 0.15) is 11.8 Å². The number of furan rings is 1. The van der Waals surface area contributed by atoms with Gasteiger partial charge in [-0.2, -0.15) is 0 Å². The second-order valence-corrected chi connectivity index (χ2v) is 4.36. The maximum atomic E-state index is 11.9. The molecule has 2 aromatic rings. The number of benzene rings is 1. The Labute approximate surface area is 117 Å². The fourth-order valence-corrected chi connectivity index (χ4v) is 1.68. The van der Waals surface area contributed by atoms with Crippen molar-refractivity contribution in [2.45, 2.75) is 19.5 Å². The maximum Gasteiger partial charge on any atom is 0.251 e. The molecule has 5 heteroatoms. The van der Waals surface area contributed by atoms with E-state index in [0.717, 1.165) is 0 Å². The Kier molecular flexibility index (Phi) is 4.55. The van der Waals surface area contributed by atoms with Crippen molar-refractivity contribution in [1.82, 2.24) is 10.6 Å². The molecule has 2 amide bonds. The molecule has 0 spiro atoms. The van der Waals surface area contributed by atoms with Gasteiger partial charge in [0.25, 0.3) is 5.91 Å². The highest BCUT2D eigenvalue weighted by molar-refractivity contribution is 5.97. The summed E-state index contributed by atoms with van der Waals surface area (Å²) in [7, 11) is 0. The zero-order valence-electron chi connectivity index (χ0n) is 11.1. The number of carbonyl (C=O) groups excluding carboxylic acids is 2. The van der Waals surface area contributed by atoms with Gasteiger partial charge in [0.15, 0.2) is 0 Å². The van der Waals surface area contributed by atoms with Crippen LogP contribution in [0.3, 0.4) is 0 Å². The summed E-state index contributed by atoms with van der Waals surface area (Å²) >= 11 is 0. The van der Waals surface area contributed by atoms with Crippen molar-refractivity contribution in [2.75, 3.05) is 0 Å². The van der Waals surface area contributed by atoms with Crippen LogP contribution in [0.1, 0.15) is 23.0 Å². The van der Waals surface area contributed by atoms with Crippen molar-refractivity contribution in [1.29, 1.82) is 0 Å². The van der Waals surface area contributed by atoms with Crippen LogP contribution in [0.2, 0.25) is 0 Å². The predicted molar refractivity (Wildman–Crippen MR) is 73.9 cm³/mol. The monoisotopic (exact) mass is 272 g/mol. The number of rotatable bonds is 5. The zero-order chi connectivity index (χ0) is 14.4. The molecule has 1 aromatic carbocycles. The van der Waals surface area contributed by atoms with Crippen LogP contribution < -0.4 is 10.6 Å². The van der Waals surface area contributed by atoms with Crippen LogP contribution in [-0.2, 0) is 11.3 Å². The predicted octanol–water partition coefficient (Wildman–Crippen LogP) is 1.71. The summed E-state index contributed by atoms with van der Waals surface area (Å²) in [6.07, 6.45) is 1.54. The highest BCUT2D eigenvalue weighted by Crippen LogP contribution is 2.00. The van der Waals surface area contributed by atoms with E-state index in [1.54, 1.807) is 49.6 Å². The summed E-state index contributed by atoms with van der Waals surface area (Å²) in [5.41, 5.74) is 0.526. The fraction of sp³-hybridized carbons (Fsp3) is 0.200. The van der Waals surface area contributed by atoms with Crippen molar-refractivity contribution in [3.8, 4) is 0 Å². The summed E-state index contributed by atoms with van der Waals surface area (Å²) in [6, 6.07) is 11.7. The molecule has 0 aliphatic carbocycles. The minimum absolute atomic E-state index is 0.259. The lowest BCUT2D eigenvalue weighted by Gasteiger charge is -2.13. The molecule has 0 aliphatic rings. The lowest BCUT2D eigenvalue weighted by Crippen LogP contribution is -2.44. The number of carbonyl (C=O) groups is 2. The molecule has 5 nitrogen and oxygen atoms in total. The van der Waals surface area contributed by atoms with E-state index in [1.807, 2.05) is 6.07 Å². The number of hydrogen-bond donors (Lipinski definition) is 2. The minimum Gasteiger partial charge on any atom is -0.467 e. The molecule has 1 unspecified atom stereocenters. The van der Waals surface area contributed by atoms with Gasteiger partial charge in [0.05, 0.1) is 12.8 Å². The molecule has 0 bridgehead atoms. The smallest absolute Gasteiger partial charge is 0.251 e. The summed E-state index contributed by atoms with van der Waals surface area (Å²) in [6.45, 7) is 1.94. The molecular formula is C15H16N2O3. The first-order chi connectivity index (χ1) is 9.66. The van der Waals surface area contributed by atoms with E-state index < -0.39 is 6.04 Å². The lowest BCUT2D eigenvalue weighted by atomic mass is 10.2. The van der Waals surface area contributed by atoms with E-state index >= 15 is 0 Å². The first-order valence-corrected chi connectivity index (χ1v) is 6.33. The molecule has 20 heavy (non-hydrogen) atoms. The van der Waals surface area contributed by atoms with Gasteiger partial charge in [0.2, 0.25) is 5.91 Å². The summed E-state index contributed by atoms with van der Waals surface area (Å²) in [5, 5.41) is 5.34. The standard InChI is InChI=1S/C15H16N2O3/c1-11(14(18)16-10-13-8-5-9-20-13)17-15(19)12-6-3-2-4-7-12/h2-9,11H,10H2,1H3,(H,16,18)(H,17,19). The van der Waals surface area contributed by atoms with Crippen LogP contribution in [0.15, 0.2) is 53.1 Å². The van der Waals surface area contributed by atoms with E-state index in [9.17, 15) is 9.59 Å². The number of hydrogen-bond acceptors (Lipinski definition) is 3. The van der Waals surface area contributed by atoms with Crippen molar-refractivity contribution < 1.29 is 14.0 Å². The third kappa shape index (κ3) is 3.71. The van der Waals surface area contributed by atoms with E-state index in [1.165, 1.54) is 0 Å². The van der Waals surface area contributed by atoms with Crippen LogP contribution in [0.4, 0.5) is 0 Å². The van der Waals surface area contributed by atoms with Crippen molar-refractivity contribution in [3.05, 3.63) is 60.1 Å². The van der Waals surface area contributed by atoms with Crippen LogP contribution in [0.25, 0.3) is 0 Å². The average molecular weight is 272 g/mol. The molecule has 0 radical (unpaired) electrons. The molecule has 0 aliphatic heterocycles. The van der Waals surface area contributed by atoms with Gasteiger partial charge in [0, 0.05) is 5.56 Å². The first-order valence-electron chi connectivity index (χ1n) is 6.33. The third-order valence-electron chi connectivity index (χ3n) is 2.79. The van der Waals surface area contributed by atoms with Gasteiger partial charge in [-0.05, 0) is 31.2 Å². The van der Waals surface area contributed by atoms with E-state index in [4.69, 9.17) is 4.42 Å². The number of nitrogens with one attached hydrogen (secondary N) is 2. The van der Waals surface area contributed by atoms with Gasteiger partial charge in [-0.3, -0.25) is 9.59 Å². The quantitative estimate of drug-likeness (QED) is 0.870. The molecular weight excluding hydrogens is 256 g/mol. The molecule has 0 fully saturated rings. The Hall–Kier alpha value is -2.56. The van der Waals surface area contributed by atoms with Crippen LogP contribution in [-0.4, -0.2) is 17.9 Å². The molecule has 0 saturated carbocycles. The van der Waals surface area contributed by atoms with Gasteiger partial charge in [-0.15, -0.1) is 0 Å². The van der Waals surface area contributed by atoms with Crippen molar-refractivity contribution >= 4 is 11.8 Å². The van der Waals surface area contributed by atoms with E-state index in [-0.39, 0.29) is 11.8 Å². The minimum atomic E-state index is -0.613. The Morgan fingerprint density at radius 3 is 2.55 bits per heavy atom. The van der Waals surface area contributed by atoms with E-state index in [0.29, 0.717) is 17.9 Å². The first kappa shape index (κ1) is 13.9. The SMILES string of the molecule is CC(NC(=O)c1ccccc1)C(=O)NCc1ccco1. The average Bonchev–Trinajstić information content (AvgIpc) is 2.98. The Morgan fingerprint density at radius 1 is 1.15 bits per heavy atom. The Balaban J connectivity index is 1.83. The second-order valence-electron chi connectivity index (χ2n) is 4.36. The normalized spacial score (nSPS) is 11.7. The summed E-state index contributed by atoms with van der Waals surface area (Å²) < 4.78 is 5.11. The number of amides is 2. The highest BCUT2D eigenvalue weighted by Gasteiger charge is 2.16. The third-order valence-corrected chi connectivity index (χ3v) is 2.79. The molecule has 2 rings (SSSR count). The highest BCUT2D eigenvalue weighted by atomic mass is 16.3. The van der Waals surface area contributed by atoms with Crippen molar-refractivity contribution in [2.24, 2.45) is 0 Å². The van der Waals surface area contributed by atoms with Crippen LogP contribution in [0.5, 0.6) is 0 Å². The largest absolute Gasteiger partial charge is 0.467 e. The molecule has 1 aromatic heterocycles. The van der Waals surface area contributed by atoms with Gasteiger partial charge in [-0.1, -0.05) is 18.2 Å². The van der Waals surface area contributed by atoms with Crippen LogP contribution in [0, 0.1) is 0 Å².